The van der Waals surface area contributed by atoms with Crippen LogP contribution < -0.4 is 5.32 Å². The number of hydrogen-bond acceptors (Lipinski definition) is 2. The van der Waals surface area contributed by atoms with Crippen LogP contribution in [0.5, 0.6) is 0 Å². The van der Waals surface area contributed by atoms with Crippen LogP contribution in [0.15, 0.2) is 0 Å². The van der Waals surface area contributed by atoms with E-state index >= 15 is 0 Å². The molecule has 0 aromatic heterocycles. The van der Waals surface area contributed by atoms with Gasteiger partial charge in [0, 0.05) is 6.42 Å². The molecular formula is C12H21NO. The van der Waals surface area contributed by atoms with E-state index in [1.54, 1.807) is 0 Å². The molecule has 0 aromatic carbocycles. The SMILES string of the molecule is C#CCCCNCC1CCC(O)CC1. The van der Waals surface area contributed by atoms with Gasteiger partial charge in [-0.15, -0.1) is 12.3 Å². The highest BCUT2D eigenvalue weighted by atomic mass is 16.3. The standard InChI is InChI=1S/C12H21NO/c1-2-3-4-9-13-10-11-5-7-12(14)8-6-11/h1,11-14H,3-10H2. The van der Waals surface area contributed by atoms with E-state index in [0.29, 0.717) is 0 Å². The summed E-state index contributed by atoms with van der Waals surface area (Å²) in [5, 5.41) is 12.8. The van der Waals surface area contributed by atoms with Gasteiger partial charge in [-0.1, -0.05) is 0 Å². The summed E-state index contributed by atoms with van der Waals surface area (Å²) in [4.78, 5) is 0. The van der Waals surface area contributed by atoms with Crippen molar-refractivity contribution in [3.63, 3.8) is 0 Å². The summed E-state index contributed by atoms with van der Waals surface area (Å²) in [5.41, 5.74) is 0. The maximum atomic E-state index is 9.33. The lowest BCUT2D eigenvalue weighted by atomic mass is 9.87. The third kappa shape index (κ3) is 4.64. The first-order chi connectivity index (χ1) is 6.83. The topological polar surface area (TPSA) is 32.3 Å². The Balaban J connectivity index is 1.94. The van der Waals surface area contributed by atoms with Crippen molar-refractivity contribution in [2.75, 3.05) is 13.1 Å². The van der Waals surface area contributed by atoms with E-state index in [9.17, 15) is 5.11 Å². The molecule has 1 fully saturated rings. The predicted octanol–water partition coefficient (Wildman–Crippen LogP) is 1.54. The van der Waals surface area contributed by atoms with Gasteiger partial charge in [0.25, 0.3) is 0 Å². The molecule has 2 heteroatoms. The van der Waals surface area contributed by atoms with Gasteiger partial charge in [-0.2, -0.15) is 0 Å². The van der Waals surface area contributed by atoms with Crippen molar-refractivity contribution in [1.29, 1.82) is 0 Å². The normalized spacial score (nSPS) is 27.1. The van der Waals surface area contributed by atoms with Crippen LogP contribution in [0.4, 0.5) is 0 Å². The number of unbranched alkanes of at least 4 members (excludes halogenated alkanes) is 1. The summed E-state index contributed by atoms with van der Waals surface area (Å²) in [5.74, 6) is 3.41. The fourth-order valence-corrected chi connectivity index (χ4v) is 1.97. The Morgan fingerprint density at radius 1 is 1.29 bits per heavy atom. The molecule has 1 saturated carbocycles. The Labute approximate surface area is 87.1 Å². The van der Waals surface area contributed by atoms with Gasteiger partial charge in [0.05, 0.1) is 6.10 Å². The maximum Gasteiger partial charge on any atom is 0.0540 e. The van der Waals surface area contributed by atoms with Crippen molar-refractivity contribution in [3.8, 4) is 12.3 Å². The van der Waals surface area contributed by atoms with E-state index in [2.05, 4.69) is 11.2 Å². The Bertz CT molecular complexity index is 177. The van der Waals surface area contributed by atoms with Gasteiger partial charge in [-0.3, -0.25) is 0 Å². The van der Waals surface area contributed by atoms with Crippen molar-refractivity contribution < 1.29 is 5.11 Å². The summed E-state index contributed by atoms with van der Waals surface area (Å²) in [7, 11) is 0. The highest BCUT2D eigenvalue weighted by Gasteiger charge is 2.18. The average molecular weight is 195 g/mol. The highest BCUT2D eigenvalue weighted by molar-refractivity contribution is 4.83. The highest BCUT2D eigenvalue weighted by Crippen LogP contribution is 2.23. The molecule has 0 amide bonds. The second kappa shape index (κ2) is 6.86. The zero-order chi connectivity index (χ0) is 10.2. The molecule has 14 heavy (non-hydrogen) atoms. The summed E-state index contributed by atoms with van der Waals surface area (Å²) >= 11 is 0. The number of terminal acetylenes is 1. The molecule has 80 valence electrons. The lowest BCUT2D eigenvalue weighted by molar-refractivity contribution is 0.108. The second-order valence-electron chi connectivity index (χ2n) is 4.19. The summed E-state index contributed by atoms with van der Waals surface area (Å²) in [6.07, 6.45) is 11.4. The number of aliphatic hydroxyl groups excluding tert-OH is 1. The fraction of sp³-hybridized carbons (Fsp3) is 0.833. The zero-order valence-corrected chi connectivity index (χ0v) is 8.84. The van der Waals surface area contributed by atoms with Gasteiger partial charge in [-0.25, -0.2) is 0 Å². The van der Waals surface area contributed by atoms with Crippen LogP contribution >= 0.6 is 0 Å². The third-order valence-electron chi connectivity index (χ3n) is 2.92. The van der Waals surface area contributed by atoms with Crippen molar-refractivity contribution in [2.45, 2.75) is 44.6 Å². The Morgan fingerprint density at radius 3 is 2.64 bits per heavy atom. The van der Waals surface area contributed by atoms with Crippen LogP contribution in [0.3, 0.4) is 0 Å². The van der Waals surface area contributed by atoms with Crippen LogP contribution in [0.2, 0.25) is 0 Å². The molecule has 0 aliphatic heterocycles. The van der Waals surface area contributed by atoms with E-state index in [1.807, 2.05) is 0 Å². The first-order valence-corrected chi connectivity index (χ1v) is 5.65. The van der Waals surface area contributed by atoms with Crippen molar-refractivity contribution in [1.82, 2.24) is 5.32 Å². The van der Waals surface area contributed by atoms with E-state index in [-0.39, 0.29) is 6.10 Å². The molecule has 2 nitrogen and oxygen atoms in total. The minimum Gasteiger partial charge on any atom is -0.393 e. The van der Waals surface area contributed by atoms with Crippen molar-refractivity contribution in [3.05, 3.63) is 0 Å². The summed E-state index contributed by atoms with van der Waals surface area (Å²) in [6, 6.07) is 0. The average Bonchev–Trinajstić information content (AvgIpc) is 2.21. The zero-order valence-electron chi connectivity index (χ0n) is 8.84. The molecule has 0 aromatic rings. The summed E-state index contributed by atoms with van der Waals surface area (Å²) < 4.78 is 0. The van der Waals surface area contributed by atoms with Crippen LogP contribution in [-0.4, -0.2) is 24.3 Å². The molecule has 0 atom stereocenters. The number of aliphatic hydroxyl groups is 1. The van der Waals surface area contributed by atoms with Crippen LogP contribution in [0, 0.1) is 18.3 Å². The fourth-order valence-electron chi connectivity index (χ4n) is 1.97. The minimum atomic E-state index is -0.0345. The van der Waals surface area contributed by atoms with Gasteiger partial charge in [-0.05, 0) is 51.1 Å². The van der Waals surface area contributed by atoms with Crippen LogP contribution in [0.25, 0.3) is 0 Å². The van der Waals surface area contributed by atoms with Crippen LogP contribution in [-0.2, 0) is 0 Å². The molecule has 0 heterocycles. The van der Waals surface area contributed by atoms with Gasteiger partial charge in [0.15, 0.2) is 0 Å². The molecule has 0 bridgehead atoms. The smallest absolute Gasteiger partial charge is 0.0540 e. The minimum absolute atomic E-state index is 0.0345. The molecule has 1 rings (SSSR count). The Kier molecular flexibility index (Phi) is 5.66. The predicted molar refractivity (Wildman–Crippen MR) is 58.9 cm³/mol. The molecule has 0 saturated heterocycles. The quantitative estimate of drug-likeness (QED) is 0.515. The van der Waals surface area contributed by atoms with Gasteiger partial charge in [0.1, 0.15) is 0 Å². The lowest BCUT2D eigenvalue weighted by Gasteiger charge is -2.25. The maximum absolute atomic E-state index is 9.33. The monoisotopic (exact) mass is 195 g/mol. The molecule has 2 N–H and O–H groups in total. The van der Waals surface area contributed by atoms with Gasteiger partial charge >= 0.3 is 0 Å². The van der Waals surface area contributed by atoms with Gasteiger partial charge in [0.2, 0.25) is 0 Å². The number of hydrogen-bond donors (Lipinski definition) is 2. The molecule has 1 aliphatic carbocycles. The number of nitrogens with one attached hydrogen (secondary N) is 1. The molecular weight excluding hydrogens is 174 g/mol. The lowest BCUT2D eigenvalue weighted by Crippen LogP contribution is -2.28. The molecule has 1 aliphatic rings. The van der Waals surface area contributed by atoms with E-state index in [1.165, 1.54) is 12.8 Å². The first kappa shape index (κ1) is 11.6. The molecule has 0 radical (unpaired) electrons. The third-order valence-corrected chi connectivity index (χ3v) is 2.92. The van der Waals surface area contributed by atoms with Crippen molar-refractivity contribution >= 4 is 0 Å². The van der Waals surface area contributed by atoms with Gasteiger partial charge < -0.3 is 10.4 Å². The van der Waals surface area contributed by atoms with Crippen molar-refractivity contribution in [2.24, 2.45) is 5.92 Å². The summed E-state index contributed by atoms with van der Waals surface area (Å²) in [6.45, 7) is 2.13. The Hall–Kier alpha value is -0.520. The van der Waals surface area contributed by atoms with E-state index in [4.69, 9.17) is 6.42 Å². The second-order valence-corrected chi connectivity index (χ2v) is 4.19. The first-order valence-electron chi connectivity index (χ1n) is 5.65. The number of rotatable bonds is 5. The largest absolute Gasteiger partial charge is 0.393 e. The van der Waals surface area contributed by atoms with Crippen LogP contribution in [0.1, 0.15) is 38.5 Å². The Morgan fingerprint density at radius 2 is 2.00 bits per heavy atom. The van der Waals surface area contributed by atoms with E-state index in [0.717, 1.165) is 44.7 Å². The van der Waals surface area contributed by atoms with E-state index < -0.39 is 0 Å². The molecule has 0 unspecified atom stereocenters. The molecule has 0 spiro atoms.